The molecule has 0 spiro atoms. The summed E-state index contributed by atoms with van der Waals surface area (Å²) in [5.41, 5.74) is 2.78. The summed E-state index contributed by atoms with van der Waals surface area (Å²) in [7, 11) is 1.48. The van der Waals surface area contributed by atoms with Crippen molar-refractivity contribution < 1.29 is 23.8 Å². The third kappa shape index (κ3) is 5.17. The van der Waals surface area contributed by atoms with Crippen molar-refractivity contribution >= 4 is 62.4 Å². The number of rotatable bonds is 5. The first-order valence-electron chi connectivity index (χ1n) is 9.79. The predicted octanol–water partition coefficient (Wildman–Crippen LogP) is 5.93. The molecule has 3 aromatic carbocycles. The number of hydrogen-bond acceptors (Lipinski definition) is 6. The Hall–Kier alpha value is -2.98. The molecular formula is C25H17BrINO5. The van der Waals surface area contributed by atoms with Crippen LogP contribution in [0.1, 0.15) is 27.0 Å². The lowest BCUT2D eigenvalue weighted by molar-refractivity contribution is -0.129. The lowest BCUT2D eigenvalue weighted by Crippen LogP contribution is -2.10. The first-order valence-corrected chi connectivity index (χ1v) is 11.7. The van der Waals surface area contributed by atoms with Gasteiger partial charge >= 0.3 is 11.9 Å². The molecule has 1 heterocycles. The summed E-state index contributed by atoms with van der Waals surface area (Å²) in [6, 6.07) is 17.7. The quantitative estimate of drug-likeness (QED) is 0.153. The maximum absolute atomic E-state index is 12.6. The molecule has 0 radical (unpaired) electrons. The minimum atomic E-state index is -0.548. The van der Waals surface area contributed by atoms with Gasteiger partial charge in [0.1, 0.15) is 0 Å². The smallest absolute Gasteiger partial charge is 0.363 e. The van der Waals surface area contributed by atoms with E-state index in [0.29, 0.717) is 22.4 Å². The summed E-state index contributed by atoms with van der Waals surface area (Å²) in [6.45, 7) is 1.84. The van der Waals surface area contributed by atoms with Crippen LogP contribution >= 0.6 is 38.5 Å². The molecule has 1 aliphatic heterocycles. The molecule has 0 saturated carbocycles. The van der Waals surface area contributed by atoms with Gasteiger partial charge in [-0.2, -0.15) is 0 Å². The Morgan fingerprint density at radius 1 is 1.09 bits per heavy atom. The fourth-order valence-corrected chi connectivity index (χ4v) is 3.85. The highest BCUT2D eigenvalue weighted by atomic mass is 127. The SMILES string of the molecule is COc1cc(/C=C2\N=C(c3ccc(I)c(Br)c3)OC2=O)ccc1OC(=O)c1ccccc1C. The summed E-state index contributed by atoms with van der Waals surface area (Å²) in [6.07, 6.45) is 1.59. The predicted molar refractivity (Wildman–Crippen MR) is 137 cm³/mol. The van der Waals surface area contributed by atoms with Crippen molar-refractivity contribution in [3.8, 4) is 11.5 Å². The van der Waals surface area contributed by atoms with Crippen LogP contribution in [0.25, 0.3) is 6.08 Å². The average molecular weight is 618 g/mol. The molecular weight excluding hydrogens is 601 g/mol. The third-order valence-electron chi connectivity index (χ3n) is 4.85. The van der Waals surface area contributed by atoms with Crippen molar-refractivity contribution in [3.63, 3.8) is 0 Å². The van der Waals surface area contributed by atoms with E-state index >= 15 is 0 Å². The van der Waals surface area contributed by atoms with Gasteiger partial charge in [0.15, 0.2) is 17.2 Å². The molecule has 0 saturated heterocycles. The van der Waals surface area contributed by atoms with Gasteiger partial charge in [0.25, 0.3) is 0 Å². The molecule has 0 aliphatic carbocycles. The Balaban J connectivity index is 1.59. The lowest BCUT2D eigenvalue weighted by Gasteiger charge is -2.11. The van der Waals surface area contributed by atoms with Crippen molar-refractivity contribution in [2.75, 3.05) is 7.11 Å². The molecule has 33 heavy (non-hydrogen) atoms. The number of carbonyl (C=O) groups is 2. The Bertz CT molecular complexity index is 1330. The maximum atomic E-state index is 12.6. The number of esters is 2. The number of cyclic esters (lactones) is 1. The zero-order chi connectivity index (χ0) is 23.5. The van der Waals surface area contributed by atoms with Gasteiger partial charge in [0.2, 0.25) is 5.90 Å². The van der Waals surface area contributed by atoms with E-state index in [1.165, 1.54) is 7.11 Å². The van der Waals surface area contributed by atoms with E-state index in [4.69, 9.17) is 14.2 Å². The number of methoxy groups -OCH3 is 1. The van der Waals surface area contributed by atoms with Gasteiger partial charge in [-0.3, -0.25) is 0 Å². The molecule has 0 aromatic heterocycles. The van der Waals surface area contributed by atoms with Crippen molar-refractivity contribution in [2.24, 2.45) is 4.99 Å². The van der Waals surface area contributed by atoms with E-state index in [2.05, 4.69) is 43.5 Å². The van der Waals surface area contributed by atoms with Gasteiger partial charge in [-0.15, -0.1) is 0 Å². The van der Waals surface area contributed by atoms with Crippen LogP contribution in [0, 0.1) is 10.5 Å². The van der Waals surface area contributed by atoms with Crippen LogP contribution in [-0.4, -0.2) is 24.9 Å². The van der Waals surface area contributed by atoms with Crippen LogP contribution in [-0.2, 0) is 9.53 Å². The van der Waals surface area contributed by atoms with Crippen molar-refractivity contribution in [1.29, 1.82) is 0 Å². The van der Waals surface area contributed by atoms with Crippen molar-refractivity contribution in [1.82, 2.24) is 0 Å². The second-order valence-corrected chi connectivity index (χ2v) is 9.10. The van der Waals surface area contributed by atoms with E-state index in [1.54, 1.807) is 36.4 Å². The van der Waals surface area contributed by atoms with Crippen LogP contribution in [0.5, 0.6) is 11.5 Å². The number of aliphatic imine (C=N–C) groups is 1. The number of ether oxygens (including phenoxy) is 3. The summed E-state index contributed by atoms with van der Waals surface area (Å²) < 4.78 is 18.2. The fraction of sp³-hybridized carbons (Fsp3) is 0.0800. The van der Waals surface area contributed by atoms with E-state index < -0.39 is 11.9 Å². The van der Waals surface area contributed by atoms with Gasteiger partial charge in [-0.1, -0.05) is 24.3 Å². The minimum absolute atomic E-state index is 0.159. The second-order valence-electron chi connectivity index (χ2n) is 7.08. The number of carbonyl (C=O) groups excluding carboxylic acids is 2. The molecule has 166 valence electrons. The maximum Gasteiger partial charge on any atom is 0.363 e. The van der Waals surface area contributed by atoms with Gasteiger partial charge in [0, 0.05) is 13.6 Å². The van der Waals surface area contributed by atoms with E-state index in [0.717, 1.165) is 13.6 Å². The highest BCUT2D eigenvalue weighted by Gasteiger charge is 2.25. The van der Waals surface area contributed by atoms with E-state index in [9.17, 15) is 9.59 Å². The lowest BCUT2D eigenvalue weighted by atomic mass is 10.1. The summed E-state index contributed by atoms with van der Waals surface area (Å²) in [5, 5.41) is 0. The first kappa shape index (κ1) is 23.2. The minimum Gasteiger partial charge on any atom is -0.493 e. The summed E-state index contributed by atoms with van der Waals surface area (Å²) in [5.74, 6) is -0.166. The Labute approximate surface area is 212 Å². The van der Waals surface area contributed by atoms with Crippen LogP contribution in [0.4, 0.5) is 0 Å². The van der Waals surface area contributed by atoms with Gasteiger partial charge in [-0.05, 0) is 99.0 Å². The van der Waals surface area contributed by atoms with Crippen LogP contribution in [0.3, 0.4) is 0 Å². The standard InChI is InChI=1S/C25H17BrINO5/c1-14-5-3-4-6-17(14)24(29)32-21-10-7-15(12-22(21)31-2)11-20-25(30)33-23(28-20)16-8-9-19(27)18(26)13-16/h3-13H,1-2H3/b20-11-. The molecule has 3 aromatic rings. The number of hydrogen-bond donors (Lipinski definition) is 0. The highest BCUT2D eigenvalue weighted by molar-refractivity contribution is 14.1. The summed E-state index contributed by atoms with van der Waals surface area (Å²) >= 11 is 5.67. The van der Waals surface area contributed by atoms with Gasteiger partial charge in [0.05, 0.1) is 12.7 Å². The zero-order valence-electron chi connectivity index (χ0n) is 17.6. The molecule has 0 N–H and O–H groups in total. The average Bonchev–Trinajstić information content (AvgIpc) is 3.16. The highest BCUT2D eigenvalue weighted by Crippen LogP contribution is 2.31. The molecule has 0 unspecified atom stereocenters. The topological polar surface area (TPSA) is 74.2 Å². The zero-order valence-corrected chi connectivity index (χ0v) is 21.3. The molecule has 8 heteroatoms. The molecule has 6 nitrogen and oxygen atoms in total. The van der Waals surface area contributed by atoms with Gasteiger partial charge in [-0.25, -0.2) is 14.6 Å². The monoisotopic (exact) mass is 617 g/mol. The van der Waals surface area contributed by atoms with Crippen molar-refractivity contribution in [2.45, 2.75) is 6.92 Å². The normalized spacial score (nSPS) is 14.1. The van der Waals surface area contributed by atoms with Crippen LogP contribution < -0.4 is 9.47 Å². The number of aryl methyl sites for hydroxylation is 1. The fourth-order valence-electron chi connectivity index (χ4n) is 3.13. The van der Waals surface area contributed by atoms with Crippen LogP contribution in [0.15, 0.2) is 75.8 Å². The van der Waals surface area contributed by atoms with E-state index in [1.807, 2.05) is 37.3 Å². The van der Waals surface area contributed by atoms with Crippen molar-refractivity contribution in [3.05, 3.63) is 96.7 Å². The Kier molecular flexibility index (Phi) is 6.94. The summed E-state index contributed by atoms with van der Waals surface area (Å²) in [4.78, 5) is 29.2. The molecule has 0 bridgehead atoms. The third-order valence-corrected chi connectivity index (χ3v) is 7.18. The second kappa shape index (κ2) is 9.88. The Morgan fingerprint density at radius 3 is 2.61 bits per heavy atom. The number of benzene rings is 3. The number of nitrogens with zero attached hydrogens (tertiary/aromatic N) is 1. The largest absolute Gasteiger partial charge is 0.493 e. The molecule has 0 atom stereocenters. The number of halogens is 2. The Morgan fingerprint density at radius 2 is 1.88 bits per heavy atom. The van der Waals surface area contributed by atoms with E-state index in [-0.39, 0.29) is 17.3 Å². The van der Waals surface area contributed by atoms with Crippen LogP contribution in [0.2, 0.25) is 0 Å². The van der Waals surface area contributed by atoms with Gasteiger partial charge < -0.3 is 14.2 Å². The molecule has 0 fully saturated rings. The molecule has 4 rings (SSSR count). The molecule has 1 aliphatic rings. The first-order chi connectivity index (χ1) is 15.9. The molecule has 0 amide bonds.